The third kappa shape index (κ3) is 4.03. The van der Waals surface area contributed by atoms with E-state index in [1.54, 1.807) is 6.92 Å². The predicted molar refractivity (Wildman–Crippen MR) is 73.9 cm³/mol. The highest BCUT2D eigenvalue weighted by Gasteiger charge is 2.22. The van der Waals surface area contributed by atoms with Crippen molar-refractivity contribution in [1.29, 1.82) is 0 Å². The van der Waals surface area contributed by atoms with E-state index < -0.39 is 22.1 Å². The molecule has 0 aliphatic carbocycles. The Balaban J connectivity index is 2.95. The summed E-state index contributed by atoms with van der Waals surface area (Å²) in [5.74, 6) is -0.492. The van der Waals surface area contributed by atoms with Gasteiger partial charge >= 0.3 is 5.97 Å². The summed E-state index contributed by atoms with van der Waals surface area (Å²) in [4.78, 5) is 11.5. The minimum absolute atomic E-state index is 0.00195. The Morgan fingerprint density at radius 3 is 2.35 bits per heavy atom. The van der Waals surface area contributed by atoms with E-state index in [1.807, 2.05) is 0 Å². The molecule has 112 valence electrons. The highest BCUT2D eigenvalue weighted by molar-refractivity contribution is 7.89. The normalized spacial score (nSPS) is 13.2. The maximum Gasteiger partial charge on any atom is 0.338 e. The van der Waals surface area contributed by atoms with E-state index >= 15 is 0 Å². The summed E-state index contributed by atoms with van der Waals surface area (Å²) in [7, 11) is -2.28. The van der Waals surface area contributed by atoms with Crippen LogP contribution in [0.2, 0.25) is 0 Å². The number of hydrogen-bond donors (Lipinski definition) is 1. The van der Waals surface area contributed by atoms with Crippen LogP contribution in [0.1, 0.15) is 24.2 Å². The first kappa shape index (κ1) is 16.6. The number of esters is 1. The van der Waals surface area contributed by atoms with Crippen molar-refractivity contribution in [3.63, 3.8) is 0 Å². The van der Waals surface area contributed by atoms with E-state index in [0.29, 0.717) is 5.56 Å². The summed E-state index contributed by atoms with van der Waals surface area (Å²) < 4.78 is 30.2. The molecule has 0 saturated carbocycles. The number of benzene rings is 1. The fourth-order valence-electron chi connectivity index (χ4n) is 1.63. The van der Waals surface area contributed by atoms with Crippen LogP contribution < -0.4 is 0 Å². The number of carbonyl (C=O) groups is 1. The van der Waals surface area contributed by atoms with Gasteiger partial charge in [0, 0.05) is 13.6 Å². The van der Waals surface area contributed by atoms with Crippen LogP contribution in [-0.2, 0) is 14.8 Å². The van der Waals surface area contributed by atoms with Gasteiger partial charge in [0.15, 0.2) is 0 Å². The molecule has 1 rings (SSSR count). The van der Waals surface area contributed by atoms with Gasteiger partial charge in [-0.05, 0) is 38.1 Å². The first-order valence-electron chi connectivity index (χ1n) is 6.20. The second-order valence-electron chi connectivity index (χ2n) is 4.38. The Labute approximate surface area is 119 Å². The molecule has 0 fully saturated rings. The third-order valence-electron chi connectivity index (χ3n) is 2.59. The number of aliphatic hydroxyl groups is 1. The van der Waals surface area contributed by atoms with E-state index in [1.165, 1.54) is 38.2 Å². The van der Waals surface area contributed by atoms with Gasteiger partial charge in [-0.1, -0.05) is 0 Å². The molecule has 20 heavy (non-hydrogen) atoms. The van der Waals surface area contributed by atoms with Gasteiger partial charge in [0.25, 0.3) is 0 Å². The standard InChI is InChI=1S/C13H19NO5S/c1-4-19-13(16)11-5-7-12(8-6-11)20(17,18)14(3)9-10(2)15/h5-8,10,15H,4,9H2,1-3H3. The number of ether oxygens (including phenoxy) is 1. The molecule has 0 heterocycles. The molecule has 0 amide bonds. The van der Waals surface area contributed by atoms with Crippen LogP contribution >= 0.6 is 0 Å². The molecule has 1 aromatic carbocycles. The van der Waals surface area contributed by atoms with Crippen molar-refractivity contribution < 1.29 is 23.1 Å². The van der Waals surface area contributed by atoms with Gasteiger partial charge in [-0.25, -0.2) is 13.2 Å². The van der Waals surface area contributed by atoms with Gasteiger partial charge < -0.3 is 9.84 Å². The molecular formula is C13H19NO5S. The van der Waals surface area contributed by atoms with Crippen molar-refractivity contribution in [3.8, 4) is 0 Å². The van der Waals surface area contributed by atoms with Gasteiger partial charge in [0.1, 0.15) is 0 Å². The Bertz CT molecular complexity index is 551. The van der Waals surface area contributed by atoms with Crippen molar-refractivity contribution in [2.45, 2.75) is 24.8 Å². The first-order valence-corrected chi connectivity index (χ1v) is 7.64. The summed E-state index contributed by atoms with van der Waals surface area (Å²) in [5.41, 5.74) is 0.295. The molecule has 1 aromatic rings. The van der Waals surface area contributed by atoms with Crippen molar-refractivity contribution in [2.75, 3.05) is 20.2 Å². The zero-order valence-electron chi connectivity index (χ0n) is 11.7. The number of carbonyl (C=O) groups excluding carboxylic acids is 1. The average Bonchev–Trinajstić information content (AvgIpc) is 2.38. The largest absolute Gasteiger partial charge is 0.462 e. The van der Waals surface area contributed by atoms with Crippen LogP contribution in [0.4, 0.5) is 0 Å². The average molecular weight is 301 g/mol. The van der Waals surface area contributed by atoms with Crippen molar-refractivity contribution in [2.24, 2.45) is 0 Å². The maximum atomic E-state index is 12.2. The highest BCUT2D eigenvalue weighted by atomic mass is 32.2. The molecule has 1 N–H and O–H groups in total. The summed E-state index contributed by atoms with van der Waals surface area (Å²) in [6.07, 6.45) is -0.756. The molecule has 0 aromatic heterocycles. The molecule has 0 saturated heterocycles. The van der Waals surface area contributed by atoms with Crippen LogP contribution in [0.5, 0.6) is 0 Å². The predicted octanol–water partition coefficient (Wildman–Crippen LogP) is 0.865. The minimum atomic E-state index is -3.67. The smallest absolute Gasteiger partial charge is 0.338 e. The van der Waals surface area contributed by atoms with E-state index in [9.17, 15) is 18.3 Å². The van der Waals surface area contributed by atoms with Crippen molar-refractivity contribution >= 4 is 16.0 Å². The van der Waals surface area contributed by atoms with Gasteiger partial charge in [-0.2, -0.15) is 4.31 Å². The number of nitrogens with zero attached hydrogens (tertiary/aromatic N) is 1. The lowest BCUT2D eigenvalue weighted by atomic mass is 10.2. The molecule has 0 aliphatic rings. The summed E-state index contributed by atoms with van der Waals surface area (Å²) in [6, 6.07) is 5.50. The zero-order chi connectivity index (χ0) is 15.3. The Morgan fingerprint density at radius 2 is 1.90 bits per heavy atom. The number of rotatable bonds is 6. The van der Waals surface area contributed by atoms with Crippen LogP contribution in [0.15, 0.2) is 29.2 Å². The number of aliphatic hydroxyl groups excluding tert-OH is 1. The molecule has 1 unspecified atom stereocenters. The maximum absolute atomic E-state index is 12.2. The van der Waals surface area contributed by atoms with Crippen molar-refractivity contribution in [1.82, 2.24) is 4.31 Å². The van der Waals surface area contributed by atoms with Gasteiger partial charge in [0.2, 0.25) is 10.0 Å². The lowest BCUT2D eigenvalue weighted by Gasteiger charge is -2.18. The van der Waals surface area contributed by atoms with E-state index in [-0.39, 0.29) is 18.0 Å². The third-order valence-corrected chi connectivity index (χ3v) is 4.43. The topological polar surface area (TPSA) is 83.9 Å². The molecule has 0 spiro atoms. The first-order chi connectivity index (χ1) is 9.28. The van der Waals surface area contributed by atoms with Crippen molar-refractivity contribution in [3.05, 3.63) is 29.8 Å². The quantitative estimate of drug-likeness (QED) is 0.788. The summed E-state index contributed by atoms with van der Waals surface area (Å²) in [6.45, 7) is 3.47. The molecule has 6 nitrogen and oxygen atoms in total. The molecule has 0 aliphatic heterocycles. The highest BCUT2D eigenvalue weighted by Crippen LogP contribution is 2.16. The van der Waals surface area contributed by atoms with E-state index in [0.717, 1.165) is 4.31 Å². The molecule has 0 bridgehead atoms. The van der Waals surface area contributed by atoms with Crippen LogP contribution in [0.3, 0.4) is 0 Å². The monoisotopic (exact) mass is 301 g/mol. The number of hydrogen-bond acceptors (Lipinski definition) is 5. The van der Waals surface area contributed by atoms with Crippen LogP contribution in [-0.4, -0.2) is 50.1 Å². The lowest BCUT2D eigenvalue weighted by Crippen LogP contribution is -2.33. The molecule has 1 atom stereocenters. The van der Waals surface area contributed by atoms with E-state index in [4.69, 9.17) is 4.74 Å². The Hall–Kier alpha value is -1.44. The lowest BCUT2D eigenvalue weighted by molar-refractivity contribution is 0.0526. The fraction of sp³-hybridized carbons (Fsp3) is 0.462. The second kappa shape index (κ2) is 6.83. The molecule has 0 radical (unpaired) electrons. The number of likely N-dealkylation sites (N-methyl/N-ethyl adjacent to an activating group) is 1. The van der Waals surface area contributed by atoms with Gasteiger partial charge in [-0.15, -0.1) is 0 Å². The minimum Gasteiger partial charge on any atom is -0.462 e. The van der Waals surface area contributed by atoms with Gasteiger partial charge in [-0.3, -0.25) is 0 Å². The van der Waals surface area contributed by atoms with Gasteiger partial charge in [0.05, 0.1) is 23.2 Å². The number of sulfonamides is 1. The molecular weight excluding hydrogens is 282 g/mol. The summed E-state index contributed by atoms with van der Waals surface area (Å²) in [5, 5.41) is 9.24. The zero-order valence-corrected chi connectivity index (χ0v) is 12.6. The van der Waals surface area contributed by atoms with Crippen LogP contribution in [0, 0.1) is 0 Å². The molecule has 7 heteroatoms. The fourth-order valence-corrected chi connectivity index (χ4v) is 2.88. The van der Waals surface area contributed by atoms with E-state index in [2.05, 4.69) is 0 Å². The summed E-state index contributed by atoms with van der Waals surface area (Å²) >= 11 is 0. The van der Waals surface area contributed by atoms with Crippen LogP contribution in [0.25, 0.3) is 0 Å². The Morgan fingerprint density at radius 1 is 1.35 bits per heavy atom. The SMILES string of the molecule is CCOC(=O)c1ccc(S(=O)(=O)N(C)CC(C)O)cc1. The second-order valence-corrected chi connectivity index (χ2v) is 6.42. The Kier molecular flexibility index (Phi) is 5.67.